The summed E-state index contributed by atoms with van der Waals surface area (Å²) in [5.74, 6) is 0.0245. The lowest BCUT2D eigenvalue weighted by molar-refractivity contribution is -0.134. The van der Waals surface area contributed by atoms with Gasteiger partial charge in [0.05, 0.1) is 56.1 Å². The van der Waals surface area contributed by atoms with Gasteiger partial charge in [-0.1, -0.05) is 15.9 Å². The van der Waals surface area contributed by atoms with Crippen molar-refractivity contribution in [2.24, 2.45) is 0 Å². The van der Waals surface area contributed by atoms with Gasteiger partial charge in [-0.2, -0.15) is 53.3 Å². The van der Waals surface area contributed by atoms with E-state index < -0.39 is 61.7 Å². The molecule has 27 heteroatoms. The normalized spacial score (nSPS) is 16.3. The maximum absolute atomic E-state index is 13.2. The predicted octanol–water partition coefficient (Wildman–Crippen LogP) is 6.60. The maximum atomic E-state index is 13.2. The van der Waals surface area contributed by atoms with Gasteiger partial charge in [0.15, 0.2) is 23.2 Å². The molecule has 4 aromatic heterocycles. The highest BCUT2D eigenvalue weighted by atomic mass is 79.9. The number of ether oxygens (including phenoxy) is 1. The lowest BCUT2D eigenvalue weighted by Crippen LogP contribution is -2.48. The highest BCUT2D eigenvalue weighted by Crippen LogP contribution is 2.41. The molecule has 4 amide bonds. The molecule has 2 atom stereocenters. The molecule has 2 saturated heterocycles. The number of aliphatic hydroxyl groups is 3. The fraction of sp³-hybridized carbons (Fsp3) is 0.429. The van der Waals surface area contributed by atoms with E-state index in [1.54, 1.807) is 30.3 Å². The van der Waals surface area contributed by atoms with Gasteiger partial charge in [-0.05, 0) is 55.3 Å². The van der Waals surface area contributed by atoms with Gasteiger partial charge >= 0.3 is 24.4 Å². The van der Waals surface area contributed by atoms with E-state index in [0.717, 1.165) is 11.0 Å². The molecule has 4 aliphatic rings. The number of Topliss-reactive ketones (excluding diaryl/α,β-unsaturated/α-hetero) is 2. The molecule has 0 aliphatic carbocycles. The Balaban J connectivity index is 0.000000272. The van der Waals surface area contributed by atoms with Gasteiger partial charge in [-0.25, -0.2) is 29.5 Å². The summed E-state index contributed by atoms with van der Waals surface area (Å²) in [6.45, 7) is 2.28. The van der Waals surface area contributed by atoms with Crippen molar-refractivity contribution in [3.8, 4) is 5.75 Å². The van der Waals surface area contributed by atoms with Crippen molar-refractivity contribution in [1.82, 2.24) is 19.9 Å². The molecule has 0 aromatic carbocycles. The van der Waals surface area contributed by atoms with Crippen LogP contribution in [0.15, 0.2) is 65.4 Å². The highest BCUT2D eigenvalue weighted by Gasteiger charge is 2.42. The van der Waals surface area contributed by atoms with Crippen molar-refractivity contribution >= 4 is 101 Å². The van der Waals surface area contributed by atoms with E-state index in [-0.39, 0.29) is 94.3 Å². The minimum atomic E-state index is -4.44. The maximum Gasteiger partial charge on any atom is 0.389 e. The topological polar surface area (TPSA) is 227 Å². The first-order valence-corrected chi connectivity index (χ1v) is 21.6. The summed E-state index contributed by atoms with van der Waals surface area (Å²) in [5, 5.41) is 29.6. The van der Waals surface area contributed by atoms with Crippen LogP contribution in [0.4, 0.5) is 70.6 Å². The van der Waals surface area contributed by atoms with E-state index in [1.165, 1.54) is 40.4 Å². The number of carbonyl (C=O) groups is 4. The molecular formula is C42H49BrF6N10O8S2. The van der Waals surface area contributed by atoms with Crippen LogP contribution in [0.5, 0.6) is 5.75 Å². The molecule has 4 aliphatic heterocycles. The van der Waals surface area contributed by atoms with Gasteiger partial charge in [0, 0.05) is 62.0 Å². The number of nitrogens with zero attached hydrogens (tertiary/aromatic N) is 8. The number of fused-ring (bicyclic) bond motifs is 8. The molecule has 0 radical (unpaired) electrons. The summed E-state index contributed by atoms with van der Waals surface area (Å²) in [7, 11) is 0. The molecule has 18 nitrogen and oxygen atoms in total. The monoisotopic (exact) mass is 1080 g/mol. The van der Waals surface area contributed by atoms with Gasteiger partial charge in [0.2, 0.25) is 0 Å². The molecule has 8 rings (SSSR count). The second-order valence-corrected chi connectivity index (χ2v) is 16.2. The van der Waals surface area contributed by atoms with E-state index in [4.69, 9.17) is 20.1 Å². The van der Waals surface area contributed by atoms with Crippen LogP contribution in [-0.2, 0) is 0 Å². The zero-order chi connectivity index (χ0) is 48.5. The van der Waals surface area contributed by atoms with Crippen molar-refractivity contribution in [2.45, 2.75) is 63.0 Å². The standard InChI is InChI=1S/C21H22F3N5O4.C19H17BrF3N5O2.C2H6O2.2H2S/c22-21(23,24)6-3-17(31)15-1-2-16-19(26-15)29(13-5-8-28(16)12-13)20(32)27-18-11-14(4-7-25-18)33-10-9-30;20-11-4-7-24-16(9-11)26-18(30)28-12-5-8-27(10-12)14-2-1-13(25-17(14)28)15(29)3-6-19(21,22)23;3-1-2-4;;/h1-2,4,7,11,13,30H,3,5-6,8-10,12H2,(H,25,27,32);1-2,4,7,9,12H,3,5-6,8,10H2,(H,24,26,30);3-4H,1-2H2;2*1H2/t13-;12-;;;/m00.../s1. The largest absolute Gasteiger partial charge is 0.491 e. The van der Waals surface area contributed by atoms with Crippen molar-refractivity contribution in [3.63, 3.8) is 0 Å². The lowest BCUT2D eigenvalue weighted by atomic mass is 10.1. The number of alkyl halides is 6. The Bertz CT molecular complexity index is 2430. The minimum absolute atomic E-state index is 0. The first-order chi connectivity index (χ1) is 31.9. The van der Waals surface area contributed by atoms with Crippen LogP contribution in [-0.4, -0.2) is 136 Å². The number of carbonyl (C=O) groups excluding carboxylic acids is 4. The molecule has 69 heavy (non-hydrogen) atoms. The Kier molecular flexibility index (Phi) is 20.2. The van der Waals surface area contributed by atoms with Gasteiger partial charge in [-0.15, -0.1) is 0 Å². The average molecular weight is 1080 g/mol. The van der Waals surface area contributed by atoms with E-state index in [9.17, 15) is 45.5 Å². The summed E-state index contributed by atoms with van der Waals surface area (Å²) in [5.41, 5.74) is 1.11. The zero-order valence-electron chi connectivity index (χ0n) is 36.4. The fourth-order valence-corrected chi connectivity index (χ4v) is 7.90. The van der Waals surface area contributed by atoms with Gasteiger partial charge < -0.3 is 29.9 Å². The van der Waals surface area contributed by atoms with Crippen LogP contribution in [0.2, 0.25) is 0 Å². The first kappa shape index (κ1) is 56.1. The third-order valence-corrected chi connectivity index (χ3v) is 11.1. The molecular weight excluding hydrogens is 1030 g/mol. The summed E-state index contributed by atoms with van der Waals surface area (Å²) >= 11 is 3.32. The van der Waals surface area contributed by atoms with Gasteiger partial charge in [-0.3, -0.25) is 30.0 Å². The molecule has 4 aromatic rings. The van der Waals surface area contributed by atoms with Gasteiger partial charge in [0.25, 0.3) is 0 Å². The number of halogens is 7. The van der Waals surface area contributed by atoms with E-state index in [1.807, 2.05) is 4.90 Å². The predicted molar refractivity (Wildman–Crippen MR) is 256 cm³/mol. The highest BCUT2D eigenvalue weighted by molar-refractivity contribution is 9.10. The fourth-order valence-electron chi connectivity index (χ4n) is 7.57. The first-order valence-electron chi connectivity index (χ1n) is 20.8. The quantitative estimate of drug-likeness (QED) is 0.0745. The van der Waals surface area contributed by atoms with Crippen molar-refractivity contribution in [2.75, 3.05) is 82.8 Å². The molecule has 8 heterocycles. The van der Waals surface area contributed by atoms with Crippen LogP contribution < -0.4 is 35.0 Å². The number of rotatable bonds is 12. The van der Waals surface area contributed by atoms with Crippen molar-refractivity contribution < 1.29 is 65.6 Å². The second kappa shape index (κ2) is 24.9. The van der Waals surface area contributed by atoms with E-state index >= 15 is 0 Å². The number of hydrogen-bond acceptors (Lipinski definition) is 14. The molecule has 2 fully saturated rings. The molecule has 0 saturated carbocycles. The Morgan fingerprint density at radius 3 is 1.54 bits per heavy atom. The number of pyridine rings is 4. The molecule has 5 N–H and O–H groups in total. The zero-order valence-corrected chi connectivity index (χ0v) is 40.0. The summed E-state index contributed by atoms with van der Waals surface area (Å²) in [4.78, 5) is 74.6. The minimum Gasteiger partial charge on any atom is -0.491 e. The SMILES string of the molecule is O=C(CCC(F)(F)F)c1ccc2c(n1)N(C(=O)Nc1cc(Br)ccn1)[C@H]1CCN2C1.O=C(CCC(F)(F)F)c1ccc2c(n1)N(C(=O)Nc1cc(OCCO)ccn1)[C@H]1CCN2C1.OCCO.S.S. The third kappa shape index (κ3) is 15.0. The van der Waals surface area contributed by atoms with E-state index in [2.05, 4.69) is 51.4 Å². The van der Waals surface area contributed by atoms with Crippen LogP contribution in [0.1, 0.15) is 59.5 Å². The lowest BCUT2D eigenvalue weighted by Gasteiger charge is -2.35. The molecule has 4 bridgehead atoms. The smallest absolute Gasteiger partial charge is 0.389 e. The second-order valence-electron chi connectivity index (χ2n) is 15.3. The Morgan fingerprint density at radius 1 is 0.667 bits per heavy atom. The number of ketones is 2. The van der Waals surface area contributed by atoms with Crippen LogP contribution in [0.3, 0.4) is 0 Å². The Morgan fingerprint density at radius 2 is 1.12 bits per heavy atom. The summed E-state index contributed by atoms with van der Waals surface area (Å²) in [6, 6.07) is 11.2. The summed E-state index contributed by atoms with van der Waals surface area (Å²) < 4.78 is 81.0. The van der Waals surface area contributed by atoms with Crippen LogP contribution in [0, 0.1) is 0 Å². The van der Waals surface area contributed by atoms with Crippen molar-refractivity contribution in [1.29, 1.82) is 0 Å². The number of hydrogen-bond donors (Lipinski definition) is 5. The number of aliphatic hydroxyl groups excluding tert-OH is 3. The van der Waals surface area contributed by atoms with Gasteiger partial charge in [0.1, 0.15) is 35.4 Å². The number of nitrogens with one attached hydrogen (secondary N) is 2. The molecule has 0 spiro atoms. The molecule has 376 valence electrons. The summed E-state index contributed by atoms with van der Waals surface area (Å²) in [6.07, 6.45) is -8.32. The van der Waals surface area contributed by atoms with E-state index in [0.29, 0.717) is 55.4 Å². The Hall–Kier alpha value is -5.48. The number of amides is 4. The number of anilines is 6. The third-order valence-electron chi connectivity index (χ3n) is 10.6. The molecule has 0 unspecified atom stereocenters. The Labute approximate surface area is 413 Å². The average Bonchev–Trinajstić information content (AvgIpc) is 3.91. The number of urea groups is 2. The van der Waals surface area contributed by atoms with Crippen LogP contribution in [0.25, 0.3) is 0 Å². The van der Waals surface area contributed by atoms with Crippen LogP contribution >= 0.6 is 42.9 Å². The number of aromatic nitrogens is 4. The van der Waals surface area contributed by atoms with Crippen molar-refractivity contribution in [3.05, 3.63) is 76.8 Å².